The fourth-order valence-corrected chi connectivity index (χ4v) is 5.24. The van der Waals surface area contributed by atoms with Gasteiger partial charge in [0, 0.05) is 22.4 Å². The number of carboxylic acid groups (broad SMARTS) is 1. The van der Waals surface area contributed by atoms with Crippen LogP contribution in [0.15, 0.2) is 109 Å². The molecule has 1 aliphatic rings. The number of allylic oxidation sites excluding steroid dienone is 1. The Kier molecular flexibility index (Phi) is 5.99. The highest BCUT2D eigenvalue weighted by atomic mass is 16.4. The first-order chi connectivity index (χ1) is 18.2. The van der Waals surface area contributed by atoms with Crippen LogP contribution in [0.3, 0.4) is 0 Å². The summed E-state index contributed by atoms with van der Waals surface area (Å²) >= 11 is 0. The molecule has 6 rings (SSSR count). The molecular formula is C33H26N2O2. The van der Waals surface area contributed by atoms with Crippen LogP contribution < -0.4 is 4.90 Å². The number of carbonyl (C=O) groups is 1. The zero-order valence-corrected chi connectivity index (χ0v) is 20.3. The number of hydrogen-bond donors (Lipinski definition) is 1. The van der Waals surface area contributed by atoms with E-state index in [1.165, 1.54) is 0 Å². The van der Waals surface area contributed by atoms with Crippen molar-refractivity contribution in [3.05, 3.63) is 132 Å². The molecule has 0 saturated carbocycles. The lowest BCUT2D eigenvalue weighted by molar-refractivity contribution is 0.0697. The minimum atomic E-state index is -0.887. The zero-order valence-electron chi connectivity index (χ0n) is 20.3. The van der Waals surface area contributed by atoms with Gasteiger partial charge >= 0.3 is 5.97 Å². The number of nitrogens with zero attached hydrogens (tertiary/aromatic N) is 2. The van der Waals surface area contributed by atoms with Crippen LogP contribution in [0.1, 0.15) is 40.0 Å². The van der Waals surface area contributed by atoms with Gasteiger partial charge in [-0.3, -0.25) is 0 Å². The topological polar surface area (TPSA) is 53.4 Å². The van der Waals surface area contributed by atoms with Crippen LogP contribution in [0.25, 0.3) is 22.6 Å². The van der Waals surface area contributed by atoms with E-state index in [1.807, 2.05) is 60.7 Å². The van der Waals surface area contributed by atoms with Crippen LogP contribution in [0.5, 0.6) is 0 Å². The maximum atomic E-state index is 12.2. The number of benzene rings is 4. The molecule has 0 radical (unpaired) electrons. The van der Waals surface area contributed by atoms with E-state index in [2.05, 4.69) is 59.5 Å². The van der Waals surface area contributed by atoms with E-state index in [-0.39, 0.29) is 0 Å². The number of fused-ring (bicyclic) bond motifs is 2. The second-order valence-corrected chi connectivity index (χ2v) is 9.26. The Balaban J connectivity index is 1.40. The minimum Gasteiger partial charge on any atom is -0.478 e. The van der Waals surface area contributed by atoms with Gasteiger partial charge in [0.2, 0.25) is 0 Å². The normalized spacial score (nSPS) is 13.9. The van der Waals surface area contributed by atoms with Gasteiger partial charge in [0.25, 0.3) is 0 Å². The molecule has 0 atom stereocenters. The lowest BCUT2D eigenvalue weighted by Gasteiger charge is -2.25. The Morgan fingerprint density at radius 3 is 1.97 bits per heavy atom. The van der Waals surface area contributed by atoms with E-state index in [4.69, 9.17) is 4.98 Å². The molecule has 180 valence electrons. The highest BCUT2D eigenvalue weighted by Gasteiger charge is 2.24. The Hall–Kier alpha value is -4.70. The first kappa shape index (κ1) is 22.7. The molecule has 1 aromatic heterocycles. The summed E-state index contributed by atoms with van der Waals surface area (Å²) in [4.78, 5) is 19.4. The first-order valence-corrected chi connectivity index (χ1v) is 12.6. The van der Waals surface area contributed by atoms with Crippen LogP contribution >= 0.6 is 0 Å². The predicted molar refractivity (Wildman–Crippen MR) is 151 cm³/mol. The largest absolute Gasteiger partial charge is 0.478 e. The summed E-state index contributed by atoms with van der Waals surface area (Å²) < 4.78 is 0. The number of aromatic nitrogens is 1. The summed E-state index contributed by atoms with van der Waals surface area (Å²) in [5.74, 6) is -0.887. The van der Waals surface area contributed by atoms with Crippen molar-refractivity contribution >= 4 is 45.6 Å². The molecule has 0 fully saturated rings. The van der Waals surface area contributed by atoms with E-state index in [9.17, 15) is 9.90 Å². The highest BCUT2D eigenvalue weighted by molar-refractivity contribution is 6.05. The first-order valence-electron chi connectivity index (χ1n) is 12.6. The molecule has 0 spiro atoms. The van der Waals surface area contributed by atoms with E-state index in [0.717, 1.165) is 64.2 Å². The molecule has 5 aromatic rings. The summed E-state index contributed by atoms with van der Waals surface area (Å²) in [5.41, 5.74) is 8.20. The molecule has 0 aliphatic heterocycles. The molecule has 4 aromatic carbocycles. The van der Waals surface area contributed by atoms with Crippen molar-refractivity contribution < 1.29 is 9.90 Å². The molecule has 4 nitrogen and oxygen atoms in total. The molecule has 0 bridgehead atoms. The van der Waals surface area contributed by atoms with Crippen LogP contribution in [0.2, 0.25) is 0 Å². The number of rotatable bonds is 5. The van der Waals surface area contributed by atoms with Gasteiger partial charge < -0.3 is 10.0 Å². The third-order valence-electron chi connectivity index (χ3n) is 6.91. The number of para-hydroxylation sites is 3. The van der Waals surface area contributed by atoms with Gasteiger partial charge in [0.1, 0.15) is 0 Å². The van der Waals surface area contributed by atoms with Crippen molar-refractivity contribution in [1.82, 2.24) is 4.98 Å². The van der Waals surface area contributed by atoms with Crippen molar-refractivity contribution in [3.8, 4) is 0 Å². The van der Waals surface area contributed by atoms with Crippen LogP contribution in [0.4, 0.5) is 17.1 Å². The third kappa shape index (κ3) is 4.38. The van der Waals surface area contributed by atoms with Gasteiger partial charge in [-0.2, -0.15) is 0 Å². The minimum absolute atomic E-state index is 0.392. The lowest BCUT2D eigenvalue weighted by Crippen LogP contribution is -2.13. The summed E-state index contributed by atoms with van der Waals surface area (Å²) in [5, 5.41) is 10.7. The molecule has 1 heterocycles. The number of carboxylic acids is 1. The molecular weight excluding hydrogens is 456 g/mol. The maximum Gasteiger partial charge on any atom is 0.336 e. The second-order valence-electron chi connectivity index (χ2n) is 9.26. The van der Waals surface area contributed by atoms with Crippen molar-refractivity contribution in [2.45, 2.75) is 19.3 Å². The van der Waals surface area contributed by atoms with Gasteiger partial charge in [-0.1, -0.05) is 66.7 Å². The Bertz CT molecular complexity index is 1570. The Morgan fingerprint density at radius 1 is 0.730 bits per heavy atom. The predicted octanol–water partition coefficient (Wildman–Crippen LogP) is 8.28. The van der Waals surface area contributed by atoms with E-state index in [0.29, 0.717) is 10.9 Å². The van der Waals surface area contributed by atoms with Gasteiger partial charge in [-0.15, -0.1) is 0 Å². The van der Waals surface area contributed by atoms with Crippen molar-refractivity contribution in [1.29, 1.82) is 0 Å². The maximum absolute atomic E-state index is 12.2. The molecule has 37 heavy (non-hydrogen) atoms. The number of aromatic carboxylic acids is 1. The Morgan fingerprint density at radius 2 is 1.32 bits per heavy atom. The van der Waals surface area contributed by atoms with E-state index < -0.39 is 5.97 Å². The fraction of sp³-hybridized carbons (Fsp3) is 0.0909. The fourth-order valence-electron chi connectivity index (χ4n) is 5.24. The molecule has 0 amide bonds. The molecule has 0 unspecified atom stereocenters. The quantitative estimate of drug-likeness (QED) is 0.274. The Labute approximate surface area is 216 Å². The highest BCUT2D eigenvalue weighted by Crippen LogP contribution is 2.37. The molecule has 1 aliphatic carbocycles. The molecule has 4 heteroatoms. The number of anilines is 3. The monoisotopic (exact) mass is 482 g/mol. The smallest absolute Gasteiger partial charge is 0.336 e. The van der Waals surface area contributed by atoms with Crippen molar-refractivity contribution in [3.63, 3.8) is 0 Å². The second kappa shape index (κ2) is 9.75. The third-order valence-corrected chi connectivity index (χ3v) is 6.91. The van der Waals surface area contributed by atoms with Crippen molar-refractivity contribution in [2.75, 3.05) is 4.90 Å². The van der Waals surface area contributed by atoms with Gasteiger partial charge in [-0.25, -0.2) is 9.78 Å². The summed E-state index contributed by atoms with van der Waals surface area (Å²) in [7, 11) is 0. The standard InChI is InChI=1S/C33H26N2O2/c36-33(37)31-28-15-7-8-17-30(28)34-32-24(10-9-16-29(31)32)22-23-18-20-27(21-19-23)35(25-11-3-1-4-12-25)26-13-5-2-6-14-26/h1-8,11-15,17-22H,9-10,16H2,(H,36,37)/b24-22+. The van der Waals surface area contributed by atoms with E-state index >= 15 is 0 Å². The average Bonchev–Trinajstić information content (AvgIpc) is 2.94. The van der Waals surface area contributed by atoms with Gasteiger partial charge in [-0.05, 0) is 84.5 Å². The SMILES string of the molecule is O=C(O)c1c2c(nc3ccccc13)/C(=C/c1ccc(N(c3ccccc3)c3ccccc3)cc1)CCC2. The van der Waals surface area contributed by atoms with Crippen LogP contribution in [-0.4, -0.2) is 16.1 Å². The zero-order chi connectivity index (χ0) is 25.2. The summed E-state index contributed by atoms with van der Waals surface area (Å²) in [6.45, 7) is 0. The summed E-state index contributed by atoms with van der Waals surface area (Å²) in [6.07, 6.45) is 4.67. The van der Waals surface area contributed by atoms with Crippen LogP contribution in [-0.2, 0) is 6.42 Å². The molecule has 0 saturated heterocycles. The van der Waals surface area contributed by atoms with Gasteiger partial charge in [0.05, 0.1) is 16.8 Å². The number of pyridine rings is 1. The van der Waals surface area contributed by atoms with E-state index in [1.54, 1.807) is 0 Å². The van der Waals surface area contributed by atoms with Crippen molar-refractivity contribution in [2.24, 2.45) is 0 Å². The summed E-state index contributed by atoms with van der Waals surface area (Å²) in [6, 6.07) is 36.7. The van der Waals surface area contributed by atoms with Crippen LogP contribution in [0, 0.1) is 0 Å². The number of hydrogen-bond acceptors (Lipinski definition) is 3. The lowest BCUT2D eigenvalue weighted by atomic mass is 9.86. The average molecular weight is 483 g/mol. The van der Waals surface area contributed by atoms with Gasteiger partial charge in [0.15, 0.2) is 0 Å². The molecule has 1 N–H and O–H groups in total.